The van der Waals surface area contributed by atoms with Crippen molar-refractivity contribution in [3.05, 3.63) is 53.6 Å². The van der Waals surface area contributed by atoms with Crippen LogP contribution < -0.4 is 19.7 Å². The zero-order chi connectivity index (χ0) is 17.2. The van der Waals surface area contributed by atoms with E-state index in [0.717, 1.165) is 30.0 Å². The fraction of sp³-hybridized carbons (Fsp3) is 0.350. The number of amides is 1. The van der Waals surface area contributed by atoms with E-state index in [1.807, 2.05) is 18.2 Å². The summed E-state index contributed by atoms with van der Waals surface area (Å²) in [6.45, 7) is 3.72. The molecule has 1 unspecified atom stereocenters. The third kappa shape index (κ3) is 3.27. The molecule has 2 aliphatic heterocycles. The molecule has 2 aromatic rings. The number of hydrogen-bond acceptors (Lipinski definition) is 4. The van der Waals surface area contributed by atoms with Crippen LogP contribution in [0.4, 0.5) is 5.69 Å². The van der Waals surface area contributed by atoms with Crippen molar-refractivity contribution in [3.8, 4) is 11.5 Å². The molecule has 0 fully saturated rings. The Kier molecular flexibility index (Phi) is 4.22. The van der Waals surface area contributed by atoms with Gasteiger partial charge in [-0.3, -0.25) is 4.79 Å². The van der Waals surface area contributed by atoms with Gasteiger partial charge in [-0.1, -0.05) is 24.3 Å². The van der Waals surface area contributed by atoms with Crippen LogP contribution in [0.3, 0.4) is 0 Å². The Balaban J connectivity index is 1.30. The molecule has 0 aromatic heterocycles. The van der Waals surface area contributed by atoms with Crippen LogP contribution in [0.15, 0.2) is 42.5 Å². The van der Waals surface area contributed by atoms with Gasteiger partial charge in [0.15, 0.2) is 11.5 Å². The number of anilines is 1. The van der Waals surface area contributed by atoms with E-state index in [0.29, 0.717) is 19.0 Å². The van der Waals surface area contributed by atoms with Crippen LogP contribution in [-0.2, 0) is 17.8 Å². The van der Waals surface area contributed by atoms with Crippen LogP contribution in [-0.4, -0.2) is 25.3 Å². The average molecular weight is 338 g/mol. The Hall–Kier alpha value is -2.69. The molecule has 1 atom stereocenters. The second-order valence-corrected chi connectivity index (χ2v) is 6.59. The molecule has 25 heavy (non-hydrogen) atoms. The molecular formula is C20H22N2O3. The zero-order valence-electron chi connectivity index (χ0n) is 14.3. The highest BCUT2D eigenvalue weighted by molar-refractivity contribution is 5.77. The number of fused-ring (bicyclic) bond motifs is 2. The van der Waals surface area contributed by atoms with Crippen molar-refractivity contribution in [3.63, 3.8) is 0 Å². The number of benzene rings is 2. The van der Waals surface area contributed by atoms with Crippen molar-refractivity contribution >= 4 is 11.6 Å². The average Bonchev–Trinajstić information content (AvgIpc) is 3.21. The van der Waals surface area contributed by atoms with Gasteiger partial charge >= 0.3 is 0 Å². The predicted molar refractivity (Wildman–Crippen MR) is 96.0 cm³/mol. The van der Waals surface area contributed by atoms with Crippen molar-refractivity contribution in [2.75, 3.05) is 18.2 Å². The topological polar surface area (TPSA) is 50.8 Å². The lowest BCUT2D eigenvalue weighted by atomic mass is 10.1. The summed E-state index contributed by atoms with van der Waals surface area (Å²) in [7, 11) is 0. The molecule has 2 heterocycles. The van der Waals surface area contributed by atoms with Crippen LogP contribution in [0.25, 0.3) is 0 Å². The molecule has 0 saturated carbocycles. The van der Waals surface area contributed by atoms with E-state index >= 15 is 0 Å². The van der Waals surface area contributed by atoms with Crippen molar-refractivity contribution in [2.45, 2.75) is 32.4 Å². The Morgan fingerprint density at radius 2 is 2.04 bits per heavy atom. The molecule has 1 N–H and O–H groups in total. The second kappa shape index (κ2) is 6.67. The Bertz CT molecular complexity index is 790. The van der Waals surface area contributed by atoms with Gasteiger partial charge in [0.25, 0.3) is 0 Å². The number of nitrogens with zero attached hydrogens (tertiary/aromatic N) is 1. The summed E-state index contributed by atoms with van der Waals surface area (Å²) < 4.78 is 10.7. The van der Waals surface area contributed by atoms with Crippen molar-refractivity contribution in [1.29, 1.82) is 0 Å². The molecule has 0 bridgehead atoms. The molecule has 0 saturated heterocycles. The predicted octanol–water partition coefficient (Wildman–Crippen LogP) is 2.87. The normalized spacial score (nSPS) is 17.5. The Morgan fingerprint density at radius 1 is 1.20 bits per heavy atom. The number of carbonyl (C=O) groups excluding carboxylic acids is 1. The zero-order valence-corrected chi connectivity index (χ0v) is 14.3. The SMILES string of the molecule is CC1Cc2ccccc2N1CCC(=O)NCc1ccc2c(c1)OCO2. The molecule has 2 aromatic carbocycles. The Labute approximate surface area is 147 Å². The molecule has 4 rings (SSSR count). The maximum Gasteiger partial charge on any atom is 0.231 e. The van der Waals surface area contributed by atoms with E-state index in [1.54, 1.807) is 0 Å². The van der Waals surface area contributed by atoms with Gasteiger partial charge in [0, 0.05) is 31.2 Å². The van der Waals surface area contributed by atoms with Crippen LogP contribution in [0.1, 0.15) is 24.5 Å². The number of carbonyl (C=O) groups is 1. The first-order chi connectivity index (χ1) is 12.2. The molecule has 0 aliphatic carbocycles. The first kappa shape index (κ1) is 15.8. The summed E-state index contributed by atoms with van der Waals surface area (Å²) in [6, 6.07) is 14.6. The first-order valence-electron chi connectivity index (χ1n) is 8.70. The van der Waals surface area contributed by atoms with Gasteiger partial charge < -0.3 is 19.7 Å². The highest BCUT2D eigenvalue weighted by Gasteiger charge is 2.25. The van der Waals surface area contributed by atoms with Gasteiger partial charge in [-0.2, -0.15) is 0 Å². The molecule has 5 heteroatoms. The number of rotatable bonds is 5. The largest absolute Gasteiger partial charge is 0.454 e. The molecule has 2 aliphatic rings. The van der Waals surface area contributed by atoms with Crippen LogP contribution >= 0.6 is 0 Å². The van der Waals surface area contributed by atoms with E-state index in [1.165, 1.54) is 11.3 Å². The third-order valence-corrected chi connectivity index (χ3v) is 4.85. The second-order valence-electron chi connectivity index (χ2n) is 6.59. The fourth-order valence-electron chi connectivity index (χ4n) is 3.53. The highest BCUT2D eigenvalue weighted by Crippen LogP contribution is 2.33. The minimum Gasteiger partial charge on any atom is -0.454 e. The summed E-state index contributed by atoms with van der Waals surface area (Å²) >= 11 is 0. The van der Waals surface area contributed by atoms with E-state index in [-0.39, 0.29) is 12.7 Å². The number of nitrogens with one attached hydrogen (secondary N) is 1. The van der Waals surface area contributed by atoms with Crippen LogP contribution in [0.5, 0.6) is 11.5 Å². The molecule has 1 amide bonds. The minimum absolute atomic E-state index is 0.0641. The first-order valence-corrected chi connectivity index (χ1v) is 8.70. The summed E-state index contributed by atoms with van der Waals surface area (Å²) in [6.07, 6.45) is 1.54. The fourth-order valence-corrected chi connectivity index (χ4v) is 3.53. The van der Waals surface area contributed by atoms with Crippen LogP contribution in [0.2, 0.25) is 0 Å². The highest BCUT2D eigenvalue weighted by atomic mass is 16.7. The summed E-state index contributed by atoms with van der Waals surface area (Å²) in [5.74, 6) is 1.57. The monoisotopic (exact) mass is 338 g/mol. The lowest BCUT2D eigenvalue weighted by molar-refractivity contribution is -0.121. The maximum atomic E-state index is 12.2. The maximum absolute atomic E-state index is 12.2. The van der Waals surface area contributed by atoms with Gasteiger partial charge in [-0.05, 0) is 42.7 Å². The summed E-state index contributed by atoms with van der Waals surface area (Å²) in [5, 5.41) is 2.99. The molecule has 0 spiro atoms. The quantitative estimate of drug-likeness (QED) is 0.911. The van der Waals surface area contributed by atoms with Crippen molar-refractivity contribution in [1.82, 2.24) is 5.32 Å². The number of ether oxygens (including phenoxy) is 2. The molecule has 0 radical (unpaired) electrons. The lowest BCUT2D eigenvalue weighted by Crippen LogP contribution is -2.34. The standard InChI is InChI=1S/C20H22N2O3/c1-14-10-16-4-2-3-5-17(16)22(14)9-8-20(23)21-12-15-6-7-18-19(11-15)25-13-24-18/h2-7,11,14H,8-10,12-13H2,1H3,(H,21,23). The van der Waals surface area contributed by atoms with E-state index in [4.69, 9.17) is 9.47 Å². The third-order valence-electron chi connectivity index (χ3n) is 4.85. The van der Waals surface area contributed by atoms with Crippen molar-refractivity contribution < 1.29 is 14.3 Å². The van der Waals surface area contributed by atoms with Gasteiger partial charge in [0.1, 0.15) is 0 Å². The molecule has 130 valence electrons. The van der Waals surface area contributed by atoms with Crippen LogP contribution in [0, 0.1) is 0 Å². The van der Waals surface area contributed by atoms with Gasteiger partial charge in [-0.15, -0.1) is 0 Å². The molecular weight excluding hydrogens is 316 g/mol. The summed E-state index contributed by atoms with van der Waals surface area (Å²) in [4.78, 5) is 14.6. The van der Waals surface area contributed by atoms with E-state index in [9.17, 15) is 4.79 Å². The number of para-hydroxylation sites is 1. The number of hydrogen-bond donors (Lipinski definition) is 1. The molecule has 5 nitrogen and oxygen atoms in total. The summed E-state index contributed by atoms with van der Waals surface area (Å²) in [5.41, 5.74) is 3.65. The minimum atomic E-state index is 0.0641. The smallest absolute Gasteiger partial charge is 0.231 e. The van der Waals surface area contributed by atoms with E-state index < -0.39 is 0 Å². The van der Waals surface area contributed by atoms with Gasteiger partial charge in [-0.25, -0.2) is 0 Å². The lowest BCUT2D eigenvalue weighted by Gasteiger charge is -2.24. The van der Waals surface area contributed by atoms with Gasteiger partial charge in [0.2, 0.25) is 12.7 Å². The Morgan fingerprint density at radius 3 is 2.96 bits per heavy atom. The van der Waals surface area contributed by atoms with E-state index in [2.05, 4.69) is 41.4 Å². The van der Waals surface area contributed by atoms with Gasteiger partial charge in [0.05, 0.1) is 0 Å². The van der Waals surface area contributed by atoms with Crippen molar-refractivity contribution in [2.24, 2.45) is 0 Å².